The lowest BCUT2D eigenvalue weighted by molar-refractivity contribution is 0.497. The molecule has 0 aromatic heterocycles. The van der Waals surface area contributed by atoms with Crippen molar-refractivity contribution in [3.8, 4) is 5.75 Å². The Kier molecular flexibility index (Phi) is 2.55. The van der Waals surface area contributed by atoms with E-state index in [2.05, 4.69) is 42.5 Å². The average molecular weight is 294 g/mol. The van der Waals surface area contributed by atoms with Crippen molar-refractivity contribution < 1.29 is 9.09 Å². The van der Waals surface area contributed by atoms with Crippen LogP contribution in [0.3, 0.4) is 0 Å². The van der Waals surface area contributed by atoms with E-state index in [4.69, 9.17) is 4.52 Å². The monoisotopic (exact) mass is 294 g/mol. The molecule has 2 nitrogen and oxygen atoms in total. The van der Waals surface area contributed by atoms with Crippen molar-refractivity contribution in [1.82, 2.24) is 0 Å². The summed E-state index contributed by atoms with van der Waals surface area (Å²) in [5, 5.41) is 7.10. The lowest BCUT2D eigenvalue weighted by atomic mass is 9.94. The van der Waals surface area contributed by atoms with Gasteiger partial charge in [0.05, 0.1) is 0 Å². The molecule has 0 unspecified atom stereocenters. The Morgan fingerprint density at radius 1 is 0.762 bits per heavy atom. The second-order valence-corrected chi connectivity index (χ2v) is 8.45. The maximum absolute atomic E-state index is 12.0. The quantitative estimate of drug-likeness (QED) is 0.360. The van der Waals surface area contributed by atoms with Crippen LogP contribution in [0.5, 0.6) is 5.75 Å². The van der Waals surface area contributed by atoms with E-state index in [0.29, 0.717) is 5.75 Å². The molecule has 3 heteroatoms. The summed E-state index contributed by atoms with van der Waals surface area (Å²) >= 11 is 0. The Morgan fingerprint density at radius 2 is 1.33 bits per heavy atom. The third-order valence-electron chi connectivity index (χ3n) is 3.81. The minimum Gasteiger partial charge on any atom is -0.443 e. The van der Waals surface area contributed by atoms with Crippen LogP contribution in [0.25, 0.3) is 32.3 Å². The molecule has 4 aromatic rings. The van der Waals surface area contributed by atoms with Crippen molar-refractivity contribution in [1.29, 1.82) is 0 Å². The third-order valence-corrected chi connectivity index (χ3v) is 4.44. The fourth-order valence-corrected chi connectivity index (χ4v) is 3.66. The van der Waals surface area contributed by atoms with Gasteiger partial charge in [-0.15, -0.1) is 0 Å². The molecule has 0 radical (unpaired) electrons. The van der Waals surface area contributed by atoms with E-state index in [1.54, 1.807) is 13.3 Å². The number of rotatable bonds is 2. The van der Waals surface area contributed by atoms with Crippen molar-refractivity contribution in [2.75, 3.05) is 13.3 Å². The standard InChI is InChI=1S/C18H15O2P/c1-21(2,19)20-16-11-9-14-7-6-12-4-3-5-13-8-10-15(16)18(14)17(12)13/h3-11H,1-2H3. The third kappa shape index (κ3) is 1.99. The van der Waals surface area contributed by atoms with Crippen molar-refractivity contribution in [3.05, 3.63) is 54.6 Å². The first-order valence-electron chi connectivity index (χ1n) is 6.94. The molecule has 0 bridgehead atoms. The first-order valence-corrected chi connectivity index (χ1v) is 9.46. The predicted octanol–water partition coefficient (Wildman–Crippen LogP) is 5.50. The Labute approximate surface area is 123 Å². The number of hydrogen-bond donors (Lipinski definition) is 0. The lowest BCUT2D eigenvalue weighted by Crippen LogP contribution is -1.91. The SMILES string of the molecule is CP(C)(=O)Oc1ccc2ccc3cccc4ccc1c2c34. The highest BCUT2D eigenvalue weighted by Crippen LogP contribution is 2.44. The summed E-state index contributed by atoms with van der Waals surface area (Å²) in [4.78, 5) is 0. The van der Waals surface area contributed by atoms with Gasteiger partial charge in [-0.1, -0.05) is 42.5 Å². The van der Waals surface area contributed by atoms with E-state index >= 15 is 0 Å². The molecule has 0 heterocycles. The minimum absolute atomic E-state index is 0.703. The van der Waals surface area contributed by atoms with Gasteiger partial charge in [0.2, 0.25) is 7.37 Å². The topological polar surface area (TPSA) is 26.3 Å². The van der Waals surface area contributed by atoms with E-state index in [1.165, 1.54) is 26.9 Å². The Morgan fingerprint density at radius 3 is 2.00 bits per heavy atom. The van der Waals surface area contributed by atoms with Crippen LogP contribution in [0.2, 0.25) is 0 Å². The van der Waals surface area contributed by atoms with Crippen molar-refractivity contribution >= 4 is 39.7 Å². The minimum atomic E-state index is -2.58. The summed E-state index contributed by atoms with van der Waals surface area (Å²) in [7, 11) is -2.58. The lowest BCUT2D eigenvalue weighted by Gasteiger charge is -2.16. The van der Waals surface area contributed by atoms with E-state index in [1.807, 2.05) is 12.1 Å². The highest BCUT2D eigenvalue weighted by molar-refractivity contribution is 7.57. The molecular formula is C18H15O2P. The molecule has 0 spiro atoms. The zero-order valence-electron chi connectivity index (χ0n) is 12.0. The molecule has 4 rings (SSSR count). The molecule has 0 saturated heterocycles. The van der Waals surface area contributed by atoms with E-state index in [0.717, 1.165) is 5.39 Å². The van der Waals surface area contributed by atoms with Crippen LogP contribution in [-0.4, -0.2) is 13.3 Å². The van der Waals surface area contributed by atoms with Crippen LogP contribution in [0.15, 0.2) is 54.6 Å². The van der Waals surface area contributed by atoms with Gasteiger partial charge in [0.15, 0.2) is 0 Å². The highest BCUT2D eigenvalue weighted by Gasteiger charge is 2.15. The largest absolute Gasteiger partial charge is 0.443 e. The van der Waals surface area contributed by atoms with Crippen LogP contribution < -0.4 is 4.52 Å². The van der Waals surface area contributed by atoms with Crippen LogP contribution in [-0.2, 0) is 4.57 Å². The van der Waals surface area contributed by atoms with Gasteiger partial charge in [-0.2, -0.15) is 0 Å². The van der Waals surface area contributed by atoms with Crippen LogP contribution >= 0.6 is 7.37 Å². The van der Waals surface area contributed by atoms with E-state index in [9.17, 15) is 4.57 Å². The Balaban J connectivity index is 2.18. The Hall–Kier alpha value is -2.05. The highest BCUT2D eigenvalue weighted by atomic mass is 31.2. The average Bonchev–Trinajstić information content (AvgIpc) is 2.45. The molecule has 0 N–H and O–H groups in total. The molecule has 104 valence electrons. The smallest absolute Gasteiger partial charge is 0.242 e. The Bertz CT molecular complexity index is 998. The summed E-state index contributed by atoms with van der Waals surface area (Å²) in [5.41, 5.74) is 0. The van der Waals surface area contributed by atoms with Gasteiger partial charge in [-0.25, -0.2) is 0 Å². The molecule has 0 fully saturated rings. The maximum Gasteiger partial charge on any atom is 0.242 e. The van der Waals surface area contributed by atoms with Crippen LogP contribution in [0.4, 0.5) is 0 Å². The molecule has 0 amide bonds. The van der Waals surface area contributed by atoms with E-state index in [-0.39, 0.29) is 0 Å². The van der Waals surface area contributed by atoms with Crippen LogP contribution in [0.1, 0.15) is 0 Å². The van der Waals surface area contributed by atoms with Crippen molar-refractivity contribution in [3.63, 3.8) is 0 Å². The van der Waals surface area contributed by atoms with Gasteiger partial charge in [0.1, 0.15) is 5.75 Å². The van der Waals surface area contributed by atoms with Gasteiger partial charge in [0.25, 0.3) is 0 Å². The van der Waals surface area contributed by atoms with E-state index < -0.39 is 7.37 Å². The summed E-state index contributed by atoms with van der Waals surface area (Å²) in [6.45, 7) is 3.29. The van der Waals surface area contributed by atoms with Gasteiger partial charge < -0.3 is 4.52 Å². The normalized spacial score (nSPS) is 12.5. The van der Waals surface area contributed by atoms with Crippen molar-refractivity contribution in [2.45, 2.75) is 0 Å². The molecular weight excluding hydrogens is 279 g/mol. The summed E-state index contributed by atoms with van der Waals surface area (Å²) in [5.74, 6) is 0.703. The number of benzene rings is 4. The predicted molar refractivity (Wildman–Crippen MR) is 90.2 cm³/mol. The second kappa shape index (κ2) is 4.22. The van der Waals surface area contributed by atoms with Crippen molar-refractivity contribution in [2.24, 2.45) is 0 Å². The molecule has 0 aliphatic heterocycles. The fraction of sp³-hybridized carbons (Fsp3) is 0.111. The molecule has 0 saturated carbocycles. The fourth-order valence-electron chi connectivity index (χ4n) is 3.02. The molecule has 21 heavy (non-hydrogen) atoms. The molecule has 0 aliphatic rings. The molecule has 4 aromatic carbocycles. The maximum atomic E-state index is 12.0. The zero-order chi connectivity index (χ0) is 14.6. The summed E-state index contributed by atoms with van der Waals surface area (Å²) < 4.78 is 17.7. The molecule has 0 atom stereocenters. The first kappa shape index (κ1) is 12.7. The molecule has 0 aliphatic carbocycles. The van der Waals surface area contributed by atoms with Gasteiger partial charge in [-0.3, -0.25) is 4.57 Å². The van der Waals surface area contributed by atoms with Gasteiger partial charge in [0, 0.05) is 24.1 Å². The summed E-state index contributed by atoms with van der Waals surface area (Å²) in [6.07, 6.45) is 0. The van der Waals surface area contributed by atoms with Gasteiger partial charge >= 0.3 is 0 Å². The first-order chi connectivity index (χ1) is 10.0. The second-order valence-electron chi connectivity index (χ2n) is 5.76. The zero-order valence-corrected chi connectivity index (χ0v) is 12.9. The van der Waals surface area contributed by atoms with Crippen LogP contribution in [0, 0.1) is 0 Å². The number of hydrogen-bond acceptors (Lipinski definition) is 2. The summed E-state index contributed by atoms with van der Waals surface area (Å²) in [6, 6.07) is 18.7. The van der Waals surface area contributed by atoms with Gasteiger partial charge in [-0.05, 0) is 33.7 Å².